The van der Waals surface area contributed by atoms with Gasteiger partial charge in [-0.15, -0.1) is 0 Å². The molecule has 0 N–H and O–H groups in total. The molecule has 0 aromatic heterocycles. The Labute approximate surface area is 234 Å². The second-order valence-corrected chi connectivity index (χ2v) is 10.7. The molecule has 1 fully saturated rings. The number of hydrogen-bond donors (Lipinski definition) is 0. The van der Waals surface area contributed by atoms with Gasteiger partial charge in [0.2, 0.25) is 0 Å². The highest BCUT2D eigenvalue weighted by Gasteiger charge is 2.34. The van der Waals surface area contributed by atoms with Crippen LogP contribution in [0.15, 0.2) is 74.5 Å². The molecule has 190 valence electrons. The van der Waals surface area contributed by atoms with E-state index in [2.05, 4.69) is 31.9 Å². The molecule has 0 radical (unpaired) electrons. The number of nitro groups is 1. The molecule has 8 nitrogen and oxygen atoms in total. The summed E-state index contributed by atoms with van der Waals surface area (Å²) in [4.78, 5) is 37.1. The SMILES string of the molecule is Cc1cccc(OCCN2C(=O)S/C(=C\c3cc(Br)c(OCc4ccc([N+](=O)[O-])cc4)c(Br)c3)C2=O)c1. The van der Waals surface area contributed by atoms with Gasteiger partial charge < -0.3 is 9.47 Å². The van der Waals surface area contributed by atoms with Gasteiger partial charge in [-0.3, -0.25) is 24.6 Å². The maximum absolute atomic E-state index is 12.8. The van der Waals surface area contributed by atoms with Gasteiger partial charge in [-0.2, -0.15) is 0 Å². The molecule has 3 aromatic rings. The topological polar surface area (TPSA) is 99.0 Å². The highest BCUT2D eigenvalue weighted by atomic mass is 79.9. The number of amides is 2. The fourth-order valence-corrected chi connectivity index (χ4v) is 5.79. The van der Waals surface area contributed by atoms with E-state index in [0.717, 1.165) is 22.9 Å². The lowest BCUT2D eigenvalue weighted by Crippen LogP contribution is -2.32. The van der Waals surface area contributed by atoms with E-state index in [-0.39, 0.29) is 36.6 Å². The molecule has 11 heteroatoms. The number of halogens is 2. The Balaban J connectivity index is 1.39. The Bertz CT molecular complexity index is 1370. The first-order chi connectivity index (χ1) is 17.7. The molecule has 0 saturated carbocycles. The molecule has 0 unspecified atom stereocenters. The van der Waals surface area contributed by atoms with Gasteiger partial charge in [0.05, 0.1) is 25.3 Å². The average Bonchev–Trinajstić information content (AvgIpc) is 3.11. The molecule has 2 amide bonds. The van der Waals surface area contributed by atoms with E-state index in [9.17, 15) is 19.7 Å². The van der Waals surface area contributed by atoms with Gasteiger partial charge in [0.25, 0.3) is 16.8 Å². The number of hydrogen-bond acceptors (Lipinski definition) is 7. The summed E-state index contributed by atoms with van der Waals surface area (Å²) in [6.07, 6.45) is 1.65. The molecule has 0 atom stereocenters. The molecule has 0 bridgehead atoms. The first-order valence-corrected chi connectivity index (χ1v) is 13.4. The highest BCUT2D eigenvalue weighted by Crippen LogP contribution is 2.38. The van der Waals surface area contributed by atoms with E-state index in [1.165, 1.54) is 17.0 Å². The standard InChI is InChI=1S/C26H20Br2N2O6S/c1-16-3-2-4-20(11-16)35-10-9-29-25(31)23(37-26(29)32)14-18-12-21(27)24(22(28)13-18)36-15-17-5-7-19(8-6-17)30(33)34/h2-8,11-14H,9-10,15H2,1H3/b23-14-. The van der Waals surface area contributed by atoms with Crippen LogP contribution in [0.25, 0.3) is 6.08 Å². The molecule has 3 aromatic carbocycles. The van der Waals surface area contributed by atoms with Crippen LogP contribution in [0.1, 0.15) is 16.7 Å². The lowest BCUT2D eigenvalue weighted by Gasteiger charge is -2.13. The second kappa shape index (κ2) is 11.9. The normalized spacial score (nSPS) is 14.4. The summed E-state index contributed by atoms with van der Waals surface area (Å²) >= 11 is 7.87. The van der Waals surface area contributed by atoms with Gasteiger partial charge in [-0.05, 0) is 110 Å². The van der Waals surface area contributed by atoms with Crippen LogP contribution in [0.4, 0.5) is 10.5 Å². The molecule has 1 saturated heterocycles. The maximum atomic E-state index is 12.8. The van der Waals surface area contributed by atoms with Crippen molar-refractivity contribution in [1.29, 1.82) is 0 Å². The number of imide groups is 1. The Morgan fingerprint density at radius 1 is 1.03 bits per heavy atom. The summed E-state index contributed by atoms with van der Waals surface area (Å²) in [5.41, 5.74) is 2.54. The van der Waals surface area contributed by atoms with E-state index < -0.39 is 4.92 Å². The number of aryl methyl sites for hydroxylation is 1. The number of carbonyl (C=O) groups is 2. The molecule has 1 aliphatic heterocycles. The first kappa shape index (κ1) is 26.9. The number of nitrogens with zero attached hydrogens (tertiary/aromatic N) is 2. The minimum Gasteiger partial charge on any atom is -0.492 e. The fourth-order valence-electron chi connectivity index (χ4n) is 3.47. The van der Waals surface area contributed by atoms with Crippen molar-refractivity contribution in [1.82, 2.24) is 4.90 Å². The zero-order valence-corrected chi connectivity index (χ0v) is 23.5. The van der Waals surface area contributed by atoms with E-state index >= 15 is 0 Å². The number of rotatable bonds is 9. The minimum atomic E-state index is -0.454. The Morgan fingerprint density at radius 3 is 2.38 bits per heavy atom. The van der Waals surface area contributed by atoms with Crippen molar-refractivity contribution in [3.8, 4) is 11.5 Å². The van der Waals surface area contributed by atoms with Crippen LogP contribution < -0.4 is 9.47 Å². The van der Waals surface area contributed by atoms with Crippen molar-refractivity contribution in [2.24, 2.45) is 0 Å². The molecule has 4 rings (SSSR count). The van der Waals surface area contributed by atoms with Crippen LogP contribution in [0, 0.1) is 17.0 Å². The number of benzene rings is 3. The molecule has 1 heterocycles. The molecule has 0 spiro atoms. The summed E-state index contributed by atoms with van der Waals surface area (Å²) < 4.78 is 12.9. The highest BCUT2D eigenvalue weighted by molar-refractivity contribution is 9.11. The molecular formula is C26H20Br2N2O6S. The number of nitro benzene ring substituents is 1. The largest absolute Gasteiger partial charge is 0.492 e. The van der Waals surface area contributed by atoms with Gasteiger partial charge in [0.15, 0.2) is 0 Å². The fraction of sp³-hybridized carbons (Fsp3) is 0.154. The summed E-state index contributed by atoms with van der Waals surface area (Å²) in [6.45, 7) is 2.52. The third-order valence-corrected chi connectivity index (χ3v) is 7.38. The lowest BCUT2D eigenvalue weighted by atomic mass is 10.2. The van der Waals surface area contributed by atoms with Crippen LogP contribution >= 0.6 is 43.6 Å². The average molecular weight is 648 g/mol. The lowest BCUT2D eigenvalue weighted by molar-refractivity contribution is -0.384. The quantitative estimate of drug-likeness (QED) is 0.138. The summed E-state index contributed by atoms with van der Waals surface area (Å²) in [5, 5.41) is 10.5. The predicted molar refractivity (Wildman–Crippen MR) is 149 cm³/mol. The smallest absolute Gasteiger partial charge is 0.293 e. The monoisotopic (exact) mass is 646 g/mol. The van der Waals surface area contributed by atoms with Crippen molar-refractivity contribution in [2.45, 2.75) is 13.5 Å². The molecule has 1 aliphatic rings. The van der Waals surface area contributed by atoms with Crippen LogP contribution in [-0.4, -0.2) is 34.1 Å². The van der Waals surface area contributed by atoms with Gasteiger partial charge in [0.1, 0.15) is 24.7 Å². The van der Waals surface area contributed by atoms with Gasteiger partial charge in [-0.1, -0.05) is 12.1 Å². The van der Waals surface area contributed by atoms with Gasteiger partial charge in [0, 0.05) is 12.1 Å². The zero-order chi connectivity index (χ0) is 26.5. The number of thioether (sulfide) groups is 1. The third-order valence-electron chi connectivity index (χ3n) is 5.30. The Morgan fingerprint density at radius 2 is 1.73 bits per heavy atom. The second-order valence-electron chi connectivity index (χ2n) is 8.02. The number of ether oxygens (including phenoxy) is 2. The van der Waals surface area contributed by atoms with Gasteiger partial charge in [-0.25, -0.2) is 0 Å². The number of carbonyl (C=O) groups excluding carboxylic acids is 2. The van der Waals surface area contributed by atoms with E-state index in [4.69, 9.17) is 9.47 Å². The zero-order valence-electron chi connectivity index (χ0n) is 19.5. The third kappa shape index (κ3) is 6.79. The van der Waals surface area contributed by atoms with E-state index in [1.807, 2.05) is 31.2 Å². The van der Waals surface area contributed by atoms with Crippen molar-refractivity contribution in [3.05, 3.63) is 101 Å². The van der Waals surface area contributed by atoms with Gasteiger partial charge >= 0.3 is 0 Å². The summed E-state index contributed by atoms with van der Waals surface area (Å²) in [7, 11) is 0. The minimum absolute atomic E-state index is 0.0127. The predicted octanol–water partition coefficient (Wildman–Crippen LogP) is 7.12. The van der Waals surface area contributed by atoms with Crippen molar-refractivity contribution in [2.75, 3.05) is 13.2 Å². The van der Waals surface area contributed by atoms with Crippen LogP contribution in [0.5, 0.6) is 11.5 Å². The van der Waals surface area contributed by atoms with Crippen LogP contribution in [0.2, 0.25) is 0 Å². The molecule has 0 aliphatic carbocycles. The van der Waals surface area contributed by atoms with Crippen molar-refractivity contribution >= 4 is 66.5 Å². The summed E-state index contributed by atoms with van der Waals surface area (Å²) in [5.74, 6) is 0.860. The summed E-state index contributed by atoms with van der Waals surface area (Å²) in [6, 6.07) is 17.3. The Kier molecular flexibility index (Phi) is 8.67. The first-order valence-electron chi connectivity index (χ1n) is 11.0. The van der Waals surface area contributed by atoms with Crippen molar-refractivity contribution < 1.29 is 24.0 Å². The van der Waals surface area contributed by atoms with E-state index in [0.29, 0.717) is 30.9 Å². The number of non-ortho nitro benzene ring substituents is 1. The van der Waals surface area contributed by atoms with Crippen LogP contribution in [0.3, 0.4) is 0 Å². The maximum Gasteiger partial charge on any atom is 0.293 e. The Hall–Kier alpha value is -3.15. The van der Waals surface area contributed by atoms with Crippen LogP contribution in [-0.2, 0) is 11.4 Å². The van der Waals surface area contributed by atoms with Crippen molar-refractivity contribution in [3.63, 3.8) is 0 Å². The molecular weight excluding hydrogens is 628 g/mol. The molecule has 37 heavy (non-hydrogen) atoms. The van der Waals surface area contributed by atoms with E-state index in [1.54, 1.807) is 30.3 Å².